The lowest BCUT2D eigenvalue weighted by Gasteiger charge is -2.09. The van der Waals surface area contributed by atoms with Crippen molar-refractivity contribution in [1.29, 1.82) is 0 Å². The zero-order chi connectivity index (χ0) is 15.4. The largest absolute Gasteiger partial charge is 0.484 e. The van der Waals surface area contributed by atoms with Crippen molar-refractivity contribution in [3.63, 3.8) is 0 Å². The van der Waals surface area contributed by atoms with E-state index in [1.165, 1.54) is 5.56 Å². The molecule has 0 unspecified atom stereocenters. The van der Waals surface area contributed by atoms with Gasteiger partial charge in [-0.15, -0.1) is 0 Å². The number of ether oxygens (including phenoxy) is 1. The van der Waals surface area contributed by atoms with Gasteiger partial charge in [-0.1, -0.05) is 6.07 Å². The Labute approximate surface area is 124 Å². The van der Waals surface area contributed by atoms with Crippen molar-refractivity contribution in [1.82, 2.24) is 9.78 Å². The number of aromatic nitrogens is 2. The lowest BCUT2D eigenvalue weighted by molar-refractivity contribution is -0.118. The topological polar surface area (TPSA) is 56.2 Å². The zero-order valence-corrected chi connectivity index (χ0v) is 12.9. The third-order valence-electron chi connectivity index (χ3n) is 3.32. The molecular formula is C16H21N3O2. The molecule has 1 amide bonds. The molecule has 2 aromatic rings. The fourth-order valence-electron chi connectivity index (χ4n) is 2.02. The number of carbonyl (C=O) groups is 1. The molecule has 1 N–H and O–H groups in total. The van der Waals surface area contributed by atoms with Gasteiger partial charge in [0.1, 0.15) is 11.6 Å². The first kappa shape index (κ1) is 15.1. The first-order valence-electron chi connectivity index (χ1n) is 7.04. The number of aryl methyl sites for hydroxylation is 4. The minimum Gasteiger partial charge on any atom is -0.484 e. The molecule has 0 aliphatic carbocycles. The van der Waals surface area contributed by atoms with E-state index in [-0.39, 0.29) is 12.5 Å². The van der Waals surface area contributed by atoms with Gasteiger partial charge in [-0.2, -0.15) is 5.10 Å². The van der Waals surface area contributed by atoms with Crippen molar-refractivity contribution in [2.75, 3.05) is 11.9 Å². The van der Waals surface area contributed by atoms with E-state index in [9.17, 15) is 4.79 Å². The van der Waals surface area contributed by atoms with Crippen LogP contribution in [-0.4, -0.2) is 22.3 Å². The Bertz CT molecular complexity index is 647. The number of amides is 1. The van der Waals surface area contributed by atoms with Gasteiger partial charge in [-0.3, -0.25) is 4.79 Å². The van der Waals surface area contributed by atoms with Crippen molar-refractivity contribution in [2.24, 2.45) is 0 Å². The highest BCUT2D eigenvalue weighted by Gasteiger charge is 2.09. The van der Waals surface area contributed by atoms with Gasteiger partial charge in [0.25, 0.3) is 5.91 Å². The van der Waals surface area contributed by atoms with E-state index in [0.29, 0.717) is 18.1 Å². The van der Waals surface area contributed by atoms with Crippen LogP contribution < -0.4 is 10.1 Å². The molecule has 0 aliphatic rings. The monoisotopic (exact) mass is 287 g/mol. The molecule has 5 nitrogen and oxygen atoms in total. The minimum atomic E-state index is -0.192. The number of hydrogen-bond acceptors (Lipinski definition) is 3. The second-order valence-electron chi connectivity index (χ2n) is 5.07. The highest BCUT2D eigenvalue weighted by atomic mass is 16.5. The molecule has 0 saturated heterocycles. The van der Waals surface area contributed by atoms with Crippen molar-refractivity contribution in [3.8, 4) is 5.75 Å². The van der Waals surface area contributed by atoms with Gasteiger partial charge in [-0.25, -0.2) is 4.68 Å². The van der Waals surface area contributed by atoms with E-state index in [1.54, 1.807) is 4.68 Å². The van der Waals surface area contributed by atoms with E-state index < -0.39 is 0 Å². The SMILES string of the molecule is CCn1nc(C)cc1NC(=O)COc1ccc(C)c(C)c1. The molecule has 112 valence electrons. The smallest absolute Gasteiger partial charge is 0.263 e. The van der Waals surface area contributed by atoms with Crippen molar-refractivity contribution in [3.05, 3.63) is 41.1 Å². The molecule has 1 aromatic heterocycles. The summed E-state index contributed by atoms with van der Waals surface area (Å²) in [5, 5.41) is 7.10. The molecular weight excluding hydrogens is 266 g/mol. The molecule has 0 fully saturated rings. The molecule has 1 heterocycles. The number of benzene rings is 1. The molecule has 2 rings (SSSR count). The van der Waals surface area contributed by atoms with Crippen LogP contribution in [0.5, 0.6) is 5.75 Å². The molecule has 0 atom stereocenters. The molecule has 21 heavy (non-hydrogen) atoms. The van der Waals surface area contributed by atoms with Crippen LogP contribution in [0.2, 0.25) is 0 Å². The van der Waals surface area contributed by atoms with Crippen molar-refractivity contribution in [2.45, 2.75) is 34.2 Å². The highest BCUT2D eigenvalue weighted by molar-refractivity contribution is 5.91. The van der Waals surface area contributed by atoms with Gasteiger partial charge in [-0.05, 0) is 51.0 Å². The normalized spacial score (nSPS) is 10.5. The Hall–Kier alpha value is -2.30. The summed E-state index contributed by atoms with van der Waals surface area (Å²) in [5.74, 6) is 1.21. The summed E-state index contributed by atoms with van der Waals surface area (Å²) in [6.07, 6.45) is 0. The maximum Gasteiger partial charge on any atom is 0.263 e. The first-order valence-corrected chi connectivity index (χ1v) is 7.04. The van der Waals surface area contributed by atoms with Gasteiger partial charge in [0.05, 0.1) is 5.69 Å². The van der Waals surface area contributed by atoms with Crippen LogP contribution in [0.1, 0.15) is 23.7 Å². The number of rotatable bonds is 5. The Morgan fingerprint density at radius 2 is 2.00 bits per heavy atom. The summed E-state index contributed by atoms with van der Waals surface area (Å²) in [5.41, 5.74) is 3.23. The van der Waals surface area contributed by atoms with Crippen molar-refractivity contribution < 1.29 is 9.53 Å². The Morgan fingerprint density at radius 1 is 1.24 bits per heavy atom. The average molecular weight is 287 g/mol. The third kappa shape index (κ3) is 3.84. The summed E-state index contributed by atoms with van der Waals surface area (Å²) >= 11 is 0. The lowest BCUT2D eigenvalue weighted by atomic mass is 10.1. The van der Waals surface area contributed by atoms with E-state index >= 15 is 0 Å². The third-order valence-corrected chi connectivity index (χ3v) is 3.32. The highest BCUT2D eigenvalue weighted by Crippen LogP contribution is 2.16. The molecule has 0 saturated carbocycles. The predicted molar refractivity (Wildman–Crippen MR) is 82.7 cm³/mol. The number of hydrogen-bond donors (Lipinski definition) is 1. The first-order chi connectivity index (χ1) is 9.99. The van der Waals surface area contributed by atoms with Crippen LogP contribution in [0.3, 0.4) is 0 Å². The molecule has 0 bridgehead atoms. The van der Waals surface area contributed by atoms with E-state index in [4.69, 9.17) is 4.74 Å². The van der Waals surface area contributed by atoms with Crippen molar-refractivity contribution >= 4 is 11.7 Å². The average Bonchev–Trinajstić information content (AvgIpc) is 2.80. The van der Waals surface area contributed by atoms with Gasteiger partial charge in [0.15, 0.2) is 6.61 Å². The van der Waals surface area contributed by atoms with E-state index in [2.05, 4.69) is 10.4 Å². The standard InChI is InChI=1S/C16H21N3O2/c1-5-19-15(9-13(4)18-19)17-16(20)10-21-14-7-6-11(2)12(3)8-14/h6-9H,5,10H2,1-4H3,(H,17,20). The number of carbonyl (C=O) groups excluding carboxylic acids is 1. The van der Waals surface area contributed by atoms with Crippen LogP contribution in [0.15, 0.2) is 24.3 Å². The summed E-state index contributed by atoms with van der Waals surface area (Å²) in [6.45, 7) is 8.63. The van der Waals surface area contributed by atoms with E-state index in [1.807, 2.05) is 52.0 Å². The van der Waals surface area contributed by atoms with Gasteiger partial charge in [0, 0.05) is 12.6 Å². The number of nitrogens with one attached hydrogen (secondary N) is 1. The maximum atomic E-state index is 11.9. The summed E-state index contributed by atoms with van der Waals surface area (Å²) in [4.78, 5) is 11.9. The maximum absolute atomic E-state index is 11.9. The van der Waals surface area contributed by atoms with Gasteiger partial charge < -0.3 is 10.1 Å². The quantitative estimate of drug-likeness (QED) is 0.920. The van der Waals surface area contributed by atoms with Crippen LogP contribution in [-0.2, 0) is 11.3 Å². The molecule has 0 spiro atoms. The summed E-state index contributed by atoms with van der Waals surface area (Å²) in [6, 6.07) is 7.63. The molecule has 0 aliphatic heterocycles. The Balaban J connectivity index is 1.94. The van der Waals surface area contributed by atoms with E-state index in [0.717, 1.165) is 11.3 Å². The van der Waals surface area contributed by atoms with Gasteiger partial charge in [0.2, 0.25) is 0 Å². The fourth-order valence-corrected chi connectivity index (χ4v) is 2.02. The fraction of sp³-hybridized carbons (Fsp3) is 0.375. The minimum absolute atomic E-state index is 0.0174. The van der Waals surface area contributed by atoms with Crippen LogP contribution >= 0.6 is 0 Å². The molecule has 5 heteroatoms. The second kappa shape index (κ2) is 6.43. The van der Waals surface area contributed by atoms with Crippen LogP contribution in [0.4, 0.5) is 5.82 Å². The number of anilines is 1. The summed E-state index contributed by atoms with van der Waals surface area (Å²) < 4.78 is 7.27. The zero-order valence-electron chi connectivity index (χ0n) is 12.9. The van der Waals surface area contributed by atoms with Crippen LogP contribution in [0.25, 0.3) is 0 Å². The lowest BCUT2D eigenvalue weighted by Crippen LogP contribution is -2.22. The molecule has 1 aromatic carbocycles. The Morgan fingerprint density at radius 3 is 2.67 bits per heavy atom. The predicted octanol–water partition coefficient (Wildman–Crippen LogP) is 2.85. The number of nitrogens with zero attached hydrogens (tertiary/aromatic N) is 2. The van der Waals surface area contributed by atoms with Crippen LogP contribution in [0, 0.1) is 20.8 Å². The second-order valence-corrected chi connectivity index (χ2v) is 5.07. The Kier molecular flexibility index (Phi) is 4.62. The molecule has 0 radical (unpaired) electrons. The van der Waals surface area contributed by atoms with Gasteiger partial charge >= 0.3 is 0 Å². The summed E-state index contributed by atoms with van der Waals surface area (Å²) in [7, 11) is 0.